The van der Waals surface area contributed by atoms with Crippen molar-refractivity contribution in [3.05, 3.63) is 130 Å². The van der Waals surface area contributed by atoms with E-state index in [9.17, 15) is 0 Å². The largest absolute Gasteiger partial charge is 0.309 e. The fourth-order valence-electron chi connectivity index (χ4n) is 5.08. The summed E-state index contributed by atoms with van der Waals surface area (Å²) in [6.45, 7) is 0. The van der Waals surface area contributed by atoms with Crippen molar-refractivity contribution < 1.29 is 0 Å². The number of nitrogens with zero attached hydrogens (tertiary/aromatic N) is 2. The van der Waals surface area contributed by atoms with Crippen LogP contribution in [0.2, 0.25) is 5.02 Å². The van der Waals surface area contributed by atoms with Gasteiger partial charge in [-0.25, -0.2) is 0 Å². The molecule has 0 atom stereocenters. The highest BCUT2D eigenvalue weighted by Gasteiger charge is 2.26. The monoisotopic (exact) mass is 506 g/mol. The third-order valence-corrected chi connectivity index (χ3v) is 8.23. The molecule has 0 aliphatic heterocycles. The van der Waals surface area contributed by atoms with Crippen molar-refractivity contribution >= 4 is 57.1 Å². The highest BCUT2D eigenvalue weighted by Crippen LogP contribution is 2.49. The van der Waals surface area contributed by atoms with Gasteiger partial charge in [-0.1, -0.05) is 72.3 Å². The summed E-state index contributed by atoms with van der Waals surface area (Å²) in [5.74, 6) is 0. The lowest BCUT2D eigenvalue weighted by Crippen LogP contribution is -2.15. The molecule has 2 nitrogen and oxygen atoms in total. The molecular formula is C32H27ClN2S. The van der Waals surface area contributed by atoms with E-state index in [0.717, 1.165) is 39.9 Å². The van der Waals surface area contributed by atoms with Crippen LogP contribution in [0.25, 0.3) is 0 Å². The lowest BCUT2D eigenvalue weighted by molar-refractivity contribution is 0.697. The second-order valence-corrected chi connectivity index (χ2v) is 10.4. The minimum Gasteiger partial charge on any atom is -0.309 e. The molecule has 0 bridgehead atoms. The normalized spacial score (nSPS) is 12.7. The summed E-state index contributed by atoms with van der Waals surface area (Å²) >= 11 is 9.25. The third-order valence-electron chi connectivity index (χ3n) is 6.76. The first-order chi connectivity index (χ1) is 17.8. The molecular weight excluding hydrogens is 480 g/mol. The molecule has 6 rings (SSSR count). The minimum atomic E-state index is 0.727. The van der Waals surface area contributed by atoms with E-state index >= 15 is 0 Å². The Morgan fingerprint density at radius 1 is 0.528 bits per heavy atom. The quantitative estimate of drug-likeness (QED) is 0.226. The van der Waals surface area contributed by atoms with Crippen molar-refractivity contribution in [3.63, 3.8) is 0 Å². The molecule has 36 heavy (non-hydrogen) atoms. The maximum Gasteiger partial charge on any atom is 0.0887 e. The van der Waals surface area contributed by atoms with E-state index in [1.165, 1.54) is 35.4 Å². The summed E-state index contributed by atoms with van der Waals surface area (Å²) in [6, 6.07) is 37.8. The number of aryl methyl sites for hydroxylation is 1. The van der Waals surface area contributed by atoms with Gasteiger partial charge in [0.05, 0.1) is 22.1 Å². The Morgan fingerprint density at radius 3 is 1.61 bits per heavy atom. The van der Waals surface area contributed by atoms with Crippen molar-refractivity contribution in [3.8, 4) is 0 Å². The van der Waals surface area contributed by atoms with Gasteiger partial charge in [0.15, 0.2) is 0 Å². The number of para-hydroxylation sites is 3. The molecule has 1 heterocycles. The van der Waals surface area contributed by atoms with Crippen LogP contribution in [-0.2, 0) is 12.8 Å². The first-order valence-corrected chi connectivity index (χ1v) is 13.7. The van der Waals surface area contributed by atoms with Crippen molar-refractivity contribution in [2.75, 3.05) is 9.80 Å². The molecule has 1 aliphatic carbocycles. The van der Waals surface area contributed by atoms with Crippen LogP contribution in [0.1, 0.15) is 23.3 Å². The van der Waals surface area contributed by atoms with E-state index in [-0.39, 0.29) is 0 Å². The molecule has 1 aliphatic rings. The van der Waals surface area contributed by atoms with Crippen LogP contribution < -0.4 is 9.80 Å². The van der Waals surface area contributed by atoms with E-state index in [1.807, 2.05) is 23.5 Å². The first kappa shape index (κ1) is 22.9. The van der Waals surface area contributed by atoms with Crippen molar-refractivity contribution in [1.29, 1.82) is 0 Å². The van der Waals surface area contributed by atoms with Gasteiger partial charge in [0.25, 0.3) is 0 Å². The van der Waals surface area contributed by atoms with E-state index in [4.69, 9.17) is 11.6 Å². The van der Waals surface area contributed by atoms with Crippen LogP contribution in [0.3, 0.4) is 0 Å². The van der Waals surface area contributed by atoms with Crippen LogP contribution in [-0.4, -0.2) is 0 Å². The number of halogens is 1. The first-order valence-electron chi connectivity index (χ1n) is 12.4. The number of anilines is 6. The highest BCUT2D eigenvalue weighted by atomic mass is 35.5. The number of benzene rings is 4. The van der Waals surface area contributed by atoms with Gasteiger partial charge in [0.2, 0.25) is 0 Å². The lowest BCUT2D eigenvalue weighted by atomic mass is 9.97. The van der Waals surface area contributed by atoms with Gasteiger partial charge in [-0.2, -0.15) is 0 Å². The second kappa shape index (κ2) is 10.2. The van der Waals surface area contributed by atoms with Crippen LogP contribution in [0, 0.1) is 0 Å². The predicted octanol–water partition coefficient (Wildman–Crippen LogP) is 10.2. The number of fused-ring (bicyclic) bond motifs is 1. The summed E-state index contributed by atoms with van der Waals surface area (Å²) < 4.78 is 0. The van der Waals surface area contributed by atoms with Crippen LogP contribution in [0.4, 0.5) is 34.1 Å². The summed E-state index contributed by atoms with van der Waals surface area (Å²) in [4.78, 5) is 6.10. The Morgan fingerprint density at radius 2 is 1.03 bits per heavy atom. The average Bonchev–Trinajstić information content (AvgIpc) is 3.36. The molecule has 0 saturated carbocycles. The molecule has 0 radical (unpaired) electrons. The number of hydrogen-bond donors (Lipinski definition) is 0. The smallest absolute Gasteiger partial charge is 0.0887 e. The van der Waals surface area contributed by atoms with Crippen LogP contribution in [0.5, 0.6) is 0 Å². The van der Waals surface area contributed by atoms with Crippen molar-refractivity contribution in [2.45, 2.75) is 25.7 Å². The Balaban J connectivity index is 1.54. The van der Waals surface area contributed by atoms with E-state index < -0.39 is 0 Å². The molecule has 0 spiro atoms. The molecule has 4 heteroatoms. The van der Waals surface area contributed by atoms with Gasteiger partial charge < -0.3 is 9.80 Å². The maximum absolute atomic E-state index is 7.37. The zero-order valence-corrected chi connectivity index (χ0v) is 21.6. The van der Waals surface area contributed by atoms with Gasteiger partial charge in [-0.3, -0.25) is 0 Å². The Hall–Kier alpha value is -3.53. The van der Waals surface area contributed by atoms with Crippen molar-refractivity contribution in [1.82, 2.24) is 0 Å². The van der Waals surface area contributed by atoms with Gasteiger partial charge >= 0.3 is 0 Å². The number of rotatable bonds is 6. The fraction of sp³-hybridized carbons (Fsp3) is 0.125. The standard InChI is InChI=1S/C32H27ClN2S/c33-32-28(34(24-13-4-1-5-14-24)25-15-6-2-7-16-25)20-12-21-29(32)35(26-17-8-3-9-18-26)30-23-36-31-22-11-10-19-27(30)31/h1-9,12-18,20-21,23H,10-11,19,22H2. The van der Waals surface area contributed by atoms with Gasteiger partial charge in [-0.05, 0) is 79.8 Å². The van der Waals surface area contributed by atoms with Gasteiger partial charge in [0, 0.05) is 27.3 Å². The molecule has 178 valence electrons. The molecule has 0 saturated heterocycles. The van der Waals surface area contributed by atoms with Gasteiger partial charge in [0.1, 0.15) is 0 Å². The Bertz CT molecular complexity index is 1410. The second-order valence-electron chi connectivity index (χ2n) is 9.02. The summed E-state index contributed by atoms with van der Waals surface area (Å²) in [7, 11) is 0. The molecule has 0 amide bonds. The molecule has 1 aromatic heterocycles. The topological polar surface area (TPSA) is 6.48 Å². The highest BCUT2D eigenvalue weighted by molar-refractivity contribution is 7.10. The lowest BCUT2D eigenvalue weighted by Gasteiger charge is -2.31. The molecule has 5 aromatic rings. The Labute approximate surface area is 222 Å². The third kappa shape index (κ3) is 4.30. The fourth-order valence-corrected chi connectivity index (χ4v) is 6.49. The molecule has 4 aromatic carbocycles. The predicted molar refractivity (Wildman–Crippen MR) is 155 cm³/mol. The average molecular weight is 507 g/mol. The molecule has 0 N–H and O–H groups in total. The van der Waals surface area contributed by atoms with Crippen molar-refractivity contribution in [2.24, 2.45) is 0 Å². The Kier molecular flexibility index (Phi) is 6.50. The van der Waals surface area contributed by atoms with E-state index in [2.05, 4.69) is 112 Å². The summed E-state index contributed by atoms with van der Waals surface area (Å²) in [5, 5.41) is 3.04. The molecule has 0 fully saturated rings. The van der Waals surface area contributed by atoms with Crippen LogP contribution >= 0.6 is 22.9 Å². The van der Waals surface area contributed by atoms with Gasteiger partial charge in [-0.15, -0.1) is 11.3 Å². The summed E-state index contributed by atoms with van der Waals surface area (Å²) in [5.41, 5.74) is 7.93. The minimum absolute atomic E-state index is 0.727. The van der Waals surface area contributed by atoms with E-state index in [0.29, 0.717) is 0 Å². The van der Waals surface area contributed by atoms with Crippen LogP contribution in [0.15, 0.2) is 115 Å². The number of hydrogen-bond acceptors (Lipinski definition) is 3. The zero-order chi connectivity index (χ0) is 24.3. The maximum atomic E-state index is 7.37. The SMILES string of the molecule is Clc1c(N(c2ccccc2)c2ccccc2)cccc1N(c1ccccc1)c1csc2c1CCCC2. The molecule has 0 unspecified atom stereocenters. The number of thiophene rings is 1. The van der Waals surface area contributed by atoms with E-state index in [1.54, 1.807) is 0 Å². The zero-order valence-electron chi connectivity index (χ0n) is 20.0. The summed E-state index contributed by atoms with van der Waals surface area (Å²) in [6.07, 6.45) is 4.81.